The van der Waals surface area contributed by atoms with Crippen LogP contribution in [0.15, 0.2) is 54.6 Å². The fourth-order valence-electron chi connectivity index (χ4n) is 2.08. The average Bonchev–Trinajstić information content (AvgIpc) is 2.55. The van der Waals surface area contributed by atoms with E-state index in [0.29, 0.717) is 19.1 Å². The highest BCUT2D eigenvalue weighted by Crippen LogP contribution is 2.21. The monoisotopic (exact) mass is 284 g/mol. The molecule has 2 aromatic carbocycles. The summed E-state index contributed by atoms with van der Waals surface area (Å²) in [5, 5.41) is 0. The molecule has 0 saturated heterocycles. The van der Waals surface area contributed by atoms with Gasteiger partial charge in [-0.15, -0.1) is 0 Å². The smallest absolute Gasteiger partial charge is 0.119 e. The van der Waals surface area contributed by atoms with Crippen molar-refractivity contribution in [2.75, 3.05) is 13.2 Å². The molecule has 1 unspecified atom stereocenters. The molecule has 0 aromatic heterocycles. The summed E-state index contributed by atoms with van der Waals surface area (Å²) in [6, 6.07) is 18.3. The van der Waals surface area contributed by atoms with E-state index in [1.54, 1.807) is 0 Å². The molecule has 0 aliphatic rings. The summed E-state index contributed by atoms with van der Waals surface area (Å²) in [5.74, 6) is 2.45. The molecular formula is C19H24O2. The van der Waals surface area contributed by atoms with Crippen LogP contribution < -0.4 is 9.47 Å². The number of benzene rings is 2. The summed E-state index contributed by atoms with van der Waals surface area (Å²) in [6.07, 6.45) is 2.04. The van der Waals surface area contributed by atoms with Crippen LogP contribution in [0, 0.1) is 0 Å². The van der Waals surface area contributed by atoms with Gasteiger partial charge in [0.1, 0.15) is 11.5 Å². The average molecular weight is 284 g/mol. The lowest BCUT2D eigenvalue weighted by Crippen LogP contribution is -2.05. The summed E-state index contributed by atoms with van der Waals surface area (Å²) < 4.78 is 11.4. The van der Waals surface area contributed by atoms with Crippen LogP contribution in [0.3, 0.4) is 0 Å². The van der Waals surface area contributed by atoms with Crippen molar-refractivity contribution in [2.24, 2.45) is 0 Å². The third kappa shape index (κ3) is 5.14. The van der Waals surface area contributed by atoms with Gasteiger partial charge in [-0.2, -0.15) is 0 Å². The van der Waals surface area contributed by atoms with Crippen LogP contribution in [0.1, 0.15) is 38.2 Å². The van der Waals surface area contributed by atoms with Gasteiger partial charge in [0.05, 0.1) is 13.2 Å². The Bertz CT molecular complexity index is 505. The third-order valence-electron chi connectivity index (χ3n) is 3.63. The molecular weight excluding hydrogens is 260 g/mol. The predicted octanol–water partition coefficient (Wildman–Crippen LogP) is 5.05. The van der Waals surface area contributed by atoms with Crippen LogP contribution in [-0.4, -0.2) is 13.2 Å². The molecule has 2 rings (SSSR count). The van der Waals surface area contributed by atoms with Crippen LogP contribution >= 0.6 is 0 Å². The van der Waals surface area contributed by atoms with Crippen molar-refractivity contribution in [3.05, 3.63) is 60.2 Å². The van der Waals surface area contributed by atoms with E-state index in [2.05, 4.69) is 38.1 Å². The Kier molecular flexibility index (Phi) is 6.14. The highest BCUT2D eigenvalue weighted by molar-refractivity contribution is 5.29. The van der Waals surface area contributed by atoms with Crippen molar-refractivity contribution in [3.63, 3.8) is 0 Å². The van der Waals surface area contributed by atoms with Crippen LogP contribution in [0.4, 0.5) is 0 Å². The summed E-state index contributed by atoms with van der Waals surface area (Å²) in [5.41, 5.74) is 1.37. The van der Waals surface area contributed by atoms with Gasteiger partial charge in [0, 0.05) is 6.42 Å². The molecule has 0 heterocycles. The second-order valence-electron chi connectivity index (χ2n) is 5.24. The Hall–Kier alpha value is -1.96. The highest BCUT2D eigenvalue weighted by Gasteiger charge is 2.02. The summed E-state index contributed by atoms with van der Waals surface area (Å²) in [6.45, 7) is 5.81. The topological polar surface area (TPSA) is 18.5 Å². The minimum atomic E-state index is 0.610. The van der Waals surface area contributed by atoms with Crippen molar-refractivity contribution in [3.8, 4) is 11.5 Å². The van der Waals surface area contributed by atoms with Gasteiger partial charge in [0.15, 0.2) is 0 Å². The third-order valence-corrected chi connectivity index (χ3v) is 3.63. The maximum atomic E-state index is 5.73. The number of para-hydroxylation sites is 1. The van der Waals surface area contributed by atoms with E-state index in [-0.39, 0.29) is 0 Å². The van der Waals surface area contributed by atoms with Gasteiger partial charge in [0.2, 0.25) is 0 Å². The largest absolute Gasteiger partial charge is 0.493 e. The molecule has 0 bridgehead atoms. The number of hydrogen-bond acceptors (Lipinski definition) is 2. The van der Waals surface area contributed by atoms with Gasteiger partial charge in [-0.05, 0) is 42.2 Å². The van der Waals surface area contributed by atoms with E-state index in [1.165, 1.54) is 5.56 Å². The zero-order chi connectivity index (χ0) is 14.9. The molecule has 0 N–H and O–H groups in total. The first-order valence-corrected chi connectivity index (χ1v) is 7.70. The molecule has 21 heavy (non-hydrogen) atoms. The Balaban J connectivity index is 1.67. The number of rotatable bonds is 8. The standard InChI is InChI=1S/C19H24O2/c1-3-16(2)17-10-12-19(13-11-17)21-15-7-14-20-18-8-5-4-6-9-18/h4-6,8-13,16H,3,7,14-15H2,1-2H3. The molecule has 0 spiro atoms. The Morgan fingerprint density at radius 1 is 0.810 bits per heavy atom. The maximum Gasteiger partial charge on any atom is 0.119 e. The molecule has 0 aliphatic heterocycles. The van der Waals surface area contributed by atoms with Crippen LogP contribution in [0.5, 0.6) is 11.5 Å². The van der Waals surface area contributed by atoms with Crippen molar-refractivity contribution in [2.45, 2.75) is 32.6 Å². The van der Waals surface area contributed by atoms with Gasteiger partial charge >= 0.3 is 0 Å². The fourth-order valence-corrected chi connectivity index (χ4v) is 2.08. The molecule has 2 nitrogen and oxygen atoms in total. The van der Waals surface area contributed by atoms with Crippen LogP contribution in [-0.2, 0) is 0 Å². The summed E-state index contributed by atoms with van der Waals surface area (Å²) >= 11 is 0. The molecule has 0 fully saturated rings. The van der Waals surface area contributed by atoms with Crippen LogP contribution in [0.2, 0.25) is 0 Å². The second kappa shape index (κ2) is 8.35. The van der Waals surface area contributed by atoms with E-state index >= 15 is 0 Å². The quantitative estimate of drug-likeness (QED) is 0.632. The SMILES string of the molecule is CCC(C)c1ccc(OCCCOc2ccccc2)cc1. The summed E-state index contributed by atoms with van der Waals surface area (Å²) in [4.78, 5) is 0. The van der Waals surface area contributed by atoms with Crippen molar-refractivity contribution < 1.29 is 9.47 Å². The molecule has 1 atom stereocenters. The van der Waals surface area contributed by atoms with Gasteiger partial charge in [0.25, 0.3) is 0 Å². The van der Waals surface area contributed by atoms with E-state index in [1.807, 2.05) is 30.3 Å². The Labute approximate surface area is 127 Å². The summed E-state index contributed by atoms with van der Waals surface area (Å²) in [7, 11) is 0. The van der Waals surface area contributed by atoms with Crippen molar-refractivity contribution in [1.29, 1.82) is 0 Å². The lowest BCUT2D eigenvalue weighted by Gasteiger charge is -2.11. The lowest BCUT2D eigenvalue weighted by molar-refractivity contribution is 0.247. The molecule has 0 radical (unpaired) electrons. The van der Waals surface area contributed by atoms with E-state index in [4.69, 9.17) is 9.47 Å². The lowest BCUT2D eigenvalue weighted by atomic mass is 9.99. The number of hydrogen-bond donors (Lipinski definition) is 0. The van der Waals surface area contributed by atoms with E-state index < -0.39 is 0 Å². The molecule has 2 heteroatoms. The first kappa shape index (κ1) is 15.4. The minimum Gasteiger partial charge on any atom is -0.493 e. The minimum absolute atomic E-state index is 0.610. The van der Waals surface area contributed by atoms with Gasteiger partial charge in [-0.3, -0.25) is 0 Å². The Morgan fingerprint density at radius 2 is 1.38 bits per heavy atom. The van der Waals surface area contributed by atoms with Gasteiger partial charge in [-0.25, -0.2) is 0 Å². The van der Waals surface area contributed by atoms with Crippen LogP contribution in [0.25, 0.3) is 0 Å². The zero-order valence-electron chi connectivity index (χ0n) is 12.9. The molecule has 0 aliphatic carbocycles. The molecule has 0 amide bonds. The van der Waals surface area contributed by atoms with E-state index in [0.717, 1.165) is 24.3 Å². The molecule has 2 aromatic rings. The predicted molar refractivity (Wildman–Crippen MR) is 87.2 cm³/mol. The first-order chi connectivity index (χ1) is 10.3. The maximum absolute atomic E-state index is 5.73. The van der Waals surface area contributed by atoms with Crippen molar-refractivity contribution >= 4 is 0 Å². The van der Waals surface area contributed by atoms with Gasteiger partial charge < -0.3 is 9.47 Å². The van der Waals surface area contributed by atoms with Crippen molar-refractivity contribution in [1.82, 2.24) is 0 Å². The Morgan fingerprint density at radius 3 is 1.95 bits per heavy atom. The first-order valence-electron chi connectivity index (χ1n) is 7.70. The normalized spacial score (nSPS) is 11.9. The fraction of sp³-hybridized carbons (Fsp3) is 0.368. The highest BCUT2D eigenvalue weighted by atomic mass is 16.5. The van der Waals surface area contributed by atoms with Gasteiger partial charge in [-0.1, -0.05) is 44.2 Å². The zero-order valence-corrected chi connectivity index (χ0v) is 12.9. The molecule has 0 saturated carbocycles. The van der Waals surface area contributed by atoms with E-state index in [9.17, 15) is 0 Å². The molecule has 112 valence electrons. The second-order valence-corrected chi connectivity index (χ2v) is 5.24. The number of ether oxygens (including phenoxy) is 2.